The SMILES string of the molecule is CC(c1ccc(F)c(N2CCCC2=O)c1)c1nncc2c1CCCC2. The molecule has 25 heavy (non-hydrogen) atoms. The van der Waals surface area contributed by atoms with E-state index in [1.54, 1.807) is 11.0 Å². The summed E-state index contributed by atoms with van der Waals surface area (Å²) in [6.45, 7) is 2.68. The largest absolute Gasteiger partial charge is 0.310 e. The molecular formula is C20H22FN3O. The summed E-state index contributed by atoms with van der Waals surface area (Å²) in [6.07, 6.45) is 7.63. The van der Waals surface area contributed by atoms with Gasteiger partial charge in [0.05, 0.1) is 17.6 Å². The number of nitrogens with zero attached hydrogens (tertiary/aromatic N) is 3. The zero-order chi connectivity index (χ0) is 17.4. The molecule has 1 amide bonds. The first-order valence-electron chi connectivity index (χ1n) is 9.08. The lowest BCUT2D eigenvalue weighted by atomic mass is 9.86. The Hall–Kier alpha value is -2.30. The van der Waals surface area contributed by atoms with Gasteiger partial charge in [-0.2, -0.15) is 10.2 Å². The van der Waals surface area contributed by atoms with Gasteiger partial charge in [-0.15, -0.1) is 0 Å². The molecule has 1 aromatic carbocycles. The fourth-order valence-corrected chi connectivity index (χ4v) is 4.00. The van der Waals surface area contributed by atoms with Crippen LogP contribution in [-0.2, 0) is 17.6 Å². The minimum atomic E-state index is -0.340. The second-order valence-electron chi connectivity index (χ2n) is 7.02. The van der Waals surface area contributed by atoms with Crippen molar-refractivity contribution in [2.45, 2.75) is 51.4 Å². The van der Waals surface area contributed by atoms with Gasteiger partial charge in [0.1, 0.15) is 5.82 Å². The van der Waals surface area contributed by atoms with Crippen LogP contribution in [-0.4, -0.2) is 22.6 Å². The highest BCUT2D eigenvalue weighted by Gasteiger charge is 2.26. The number of hydrogen-bond donors (Lipinski definition) is 0. The van der Waals surface area contributed by atoms with Crippen LogP contribution < -0.4 is 4.90 Å². The van der Waals surface area contributed by atoms with Crippen LogP contribution in [0.2, 0.25) is 0 Å². The Kier molecular flexibility index (Phi) is 4.24. The molecule has 2 aliphatic rings. The molecule has 0 bridgehead atoms. The van der Waals surface area contributed by atoms with Gasteiger partial charge >= 0.3 is 0 Å². The lowest BCUT2D eigenvalue weighted by molar-refractivity contribution is -0.117. The van der Waals surface area contributed by atoms with E-state index in [1.165, 1.54) is 30.0 Å². The molecule has 0 radical (unpaired) electrons. The maximum absolute atomic E-state index is 14.3. The second-order valence-corrected chi connectivity index (χ2v) is 7.02. The molecule has 2 aromatic rings. The van der Waals surface area contributed by atoms with E-state index in [2.05, 4.69) is 17.1 Å². The third-order valence-electron chi connectivity index (χ3n) is 5.44. The van der Waals surface area contributed by atoms with E-state index in [0.29, 0.717) is 18.7 Å². The van der Waals surface area contributed by atoms with Crippen molar-refractivity contribution in [1.82, 2.24) is 10.2 Å². The van der Waals surface area contributed by atoms with E-state index < -0.39 is 0 Å². The van der Waals surface area contributed by atoms with Crippen molar-refractivity contribution in [1.29, 1.82) is 0 Å². The summed E-state index contributed by atoms with van der Waals surface area (Å²) in [5.74, 6) is -0.314. The molecule has 1 aliphatic heterocycles. The fraction of sp³-hybridized carbons (Fsp3) is 0.450. The zero-order valence-electron chi connectivity index (χ0n) is 14.5. The van der Waals surface area contributed by atoms with E-state index in [1.807, 2.05) is 12.3 Å². The maximum Gasteiger partial charge on any atom is 0.227 e. The number of rotatable bonds is 3. The van der Waals surface area contributed by atoms with Gasteiger partial charge in [-0.05, 0) is 60.9 Å². The van der Waals surface area contributed by atoms with Crippen molar-refractivity contribution in [3.8, 4) is 0 Å². The van der Waals surface area contributed by atoms with Gasteiger partial charge in [0.25, 0.3) is 0 Å². The molecule has 4 nitrogen and oxygen atoms in total. The Labute approximate surface area is 147 Å². The third kappa shape index (κ3) is 2.92. The summed E-state index contributed by atoms with van der Waals surface area (Å²) >= 11 is 0. The Balaban J connectivity index is 1.72. The van der Waals surface area contributed by atoms with Gasteiger partial charge in [0.15, 0.2) is 0 Å². The quantitative estimate of drug-likeness (QED) is 0.855. The van der Waals surface area contributed by atoms with Crippen LogP contribution in [0.1, 0.15) is 60.9 Å². The fourth-order valence-electron chi connectivity index (χ4n) is 4.00. The number of carbonyl (C=O) groups excluding carboxylic acids is 1. The van der Waals surface area contributed by atoms with E-state index >= 15 is 0 Å². The highest BCUT2D eigenvalue weighted by atomic mass is 19.1. The van der Waals surface area contributed by atoms with E-state index in [0.717, 1.165) is 30.5 Å². The summed E-state index contributed by atoms with van der Waals surface area (Å²) in [5.41, 5.74) is 4.95. The number of amides is 1. The van der Waals surface area contributed by atoms with Gasteiger partial charge in [-0.25, -0.2) is 4.39 Å². The van der Waals surface area contributed by atoms with Crippen LogP contribution in [0.4, 0.5) is 10.1 Å². The first-order valence-corrected chi connectivity index (χ1v) is 9.08. The van der Waals surface area contributed by atoms with E-state index in [4.69, 9.17) is 0 Å². The van der Waals surface area contributed by atoms with Gasteiger partial charge in [-0.3, -0.25) is 4.79 Å². The number of aromatic nitrogens is 2. The molecule has 1 fully saturated rings. The molecule has 1 aromatic heterocycles. The van der Waals surface area contributed by atoms with Crippen LogP contribution in [0.5, 0.6) is 0 Å². The average molecular weight is 339 g/mol. The molecule has 2 heterocycles. The minimum Gasteiger partial charge on any atom is -0.310 e. The first-order chi connectivity index (χ1) is 12.1. The normalized spacial score (nSPS) is 18.3. The Morgan fingerprint density at radius 3 is 2.80 bits per heavy atom. The lowest BCUT2D eigenvalue weighted by Crippen LogP contribution is -2.25. The maximum atomic E-state index is 14.3. The molecule has 1 atom stereocenters. The standard InChI is InChI=1S/C20H22FN3O/c1-13(20-16-6-3-2-5-15(16)12-22-23-20)14-8-9-17(21)18(11-14)24-10-4-7-19(24)25/h8-9,11-13H,2-7,10H2,1H3. The van der Waals surface area contributed by atoms with Crippen molar-refractivity contribution < 1.29 is 9.18 Å². The highest BCUT2D eigenvalue weighted by Crippen LogP contribution is 2.33. The summed E-state index contributed by atoms with van der Waals surface area (Å²) in [4.78, 5) is 13.6. The molecule has 0 saturated carbocycles. The summed E-state index contributed by atoms with van der Waals surface area (Å²) in [7, 11) is 0. The number of halogens is 1. The second kappa shape index (κ2) is 6.54. The van der Waals surface area contributed by atoms with Crippen LogP contribution in [0, 0.1) is 5.82 Å². The van der Waals surface area contributed by atoms with Crippen LogP contribution >= 0.6 is 0 Å². The smallest absolute Gasteiger partial charge is 0.227 e. The lowest BCUT2D eigenvalue weighted by Gasteiger charge is -2.23. The number of hydrogen-bond acceptors (Lipinski definition) is 3. The molecule has 130 valence electrons. The predicted octanol–water partition coefficient (Wildman–Crippen LogP) is 3.77. The van der Waals surface area contributed by atoms with Gasteiger partial charge < -0.3 is 4.90 Å². The molecule has 0 N–H and O–H groups in total. The molecule has 0 spiro atoms. The highest BCUT2D eigenvalue weighted by molar-refractivity contribution is 5.95. The number of aryl methyl sites for hydroxylation is 1. The van der Waals surface area contributed by atoms with Gasteiger partial charge in [-0.1, -0.05) is 13.0 Å². The summed E-state index contributed by atoms with van der Waals surface area (Å²) in [6, 6.07) is 5.08. The first kappa shape index (κ1) is 16.2. The van der Waals surface area contributed by atoms with Crippen molar-refractivity contribution >= 4 is 11.6 Å². The summed E-state index contributed by atoms with van der Waals surface area (Å²) < 4.78 is 14.3. The van der Waals surface area contributed by atoms with Gasteiger partial charge in [0.2, 0.25) is 5.91 Å². The molecular weight excluding hydrogens is 317 g/mol. The number of benzene rings is 1. The van der Waals surface area contributed by atoms with E-state index in [9.17, 15) is 9.18 Å². The topological polar surface area (TPSA) is 46.1 Å². The van der Waals surface area contributed by atoms with Crippen LogP contribution in [0.25, 0.3) is 0 Å². The molecule has 1 aliphatic carbocycles. The third-order valence-corrected chi connectivity index (χ3v) is 5.44. The van der Waals surface area contributed by atoms with E-state index in [-0.39, 0.29) is 17.6 Å². The molecule has 1 saturated heterocycles. The van der Waals surface area contributed by atoms with Crippen LogP contribution in [0.3, 0.4) is 0 Å². The van der Waals surface area contributed by atoms with Crippen molar-refractivity contribution in [3.05, 3.63) is 52.6 Å². The van der Waals surface area contributed by atoms with Crippen LogP contribution in [0.15, 0.2) is 24.4 Å². The minimum absolute atomic E-state index is 0.000542. The Morgan fingerprint density at radius 1 is 1.16 bits per heavy atom. The van der Waals surface area contributed by atoms with Crippen molar-refractivity contribution in [3.63, 3.8) is 0 Å². The van der Waals surface area contributed by atoms with Gasteiger partial charge in [0, 0.05) is 18.9 Å². The number of anilines is 1. The van der Waals surface area contributed by atoms with Crippen molar-refractivity contribution in [2.75, 3.05) is 11.4 Å². The number of carbonyl (C=O) groups is 1. The molecule has 1 unspecified atom stereocenters. The summed E-state index contributed by atoms with van der Waals surface area (Å²) in [5, 5.41) is 8.59. The Bertz CT molecular complexity index is 821. The predicted molar refractivity (Wildman–Crippen MR) is 94.2 cm³/mol. The van der Waals surface area contributed by atoms with Crippen molar-refractivity contribution in [2.24, 2.45) is 0 Å². The monoisotopic (exact) mass is 339 g/mol. The Morgan fingerprint density at radius 2 is 2.00 bits per heavy atom. The molecule has 4 rings (SSSR count). The molecule has 5 heteroatoms. The number of fused-ring (bicyclic) bond motifs is 1. The zero-order valence-corrected chi connectivity index (χ0v) is 14.5. The average Bonchev–Trinajstić information content (AvgIpc) is 3.07.